The lowest BCUT2D eigenvalue weighted by molar-refractivity contribution is -0.348. The first-order valence-corrected chi connectivity index (χ1v) is 5.50. The van der Waals surface area contributed by atoms with Crippen LogP contribution in [0.3, 0.4) is 0 Å². The third kappa shape index (κ3) is 2.71. The summed E-state index contributed by atoms with van der Waals surface area (Å²) in [7, 11) is 0. The van der Waals surface area contributed by atoms with E-state index < -0.39 is 30.7 Å². The maximum absolute atomic E-state index is 9.74. The first kappa shape index (κ1) is 13.8. The maximum atomic E-state index is 9.74. The Morgan fingerprint density at radius 2 is 2.06 bits per heavy atom. The highest BCUT2D eigenvalue weighted by atomic mass is 16.7. The van der Waals surface area contributed by atoms with Crippen LogP contribution in [0.25, 0.3) is 0 Å². The molecule has 6 heteroatoms. The van der Waals surface area contributed by atoms with E-state index in [0.717, 1.165) is 12.8 Å². The van der Waals surface area contributed by atoms with Crippen molar-refractivity contribution in [3.63, 3.8) is 0 Å². The predicted molar refractivity (Wildman–Crippen MR) is 54.6 cm³/mol. The third-order valence-corrected chi connectivity index (χ3v) is 2.73. The summed E-state index contributed by atoms with van der Waals surface area (Å²) in [5.74, 6) is -1.62. The number of ether oxygens (including phenoxy) is 2. The number of aliphatic hydroxyl groups excluding tert-OH is 4. The Hall–Kier alpha value is -0.240. The summed E-state index contributed by atoms with van der Waals surface area (Å²) in [5, 5.41) is 37.7. The van der Waals surface area contributed by atoms with Gasteiger partial charge in [-0.25, -0.2) is 0 Å². The molecule has 1 aliphatic heterocycles. The van der Waals surface area contributed by atoms with Crippen molar-refractivity contribution in [3.8, 4) is 0 Å². The number of hydrogen-bond donors (Lipinski definition) is 4. The molecule has 16 heavy (non-hydrogen) atoms. The van der Waals surface area contributed by atoms with Crippen LogP contribution in [0, 0.1) is 0 Å². The van der Waals surface area contributed by atoms with Gasteiger partial charge in [0.25, 0.3) is 0 Å². The normalized spacial score (nSPS) is 39.9. The van der Waals surface area contributed by atoms with Crippen LogP contribution in [0.2, 0.25) is 0 Å². The van der Waals surface area contributed by atoms with Crippen LogP contribution < -0.4 is 0 Å². The molecule has 6 nitrogen and oxygen atoms in total. The molecule has 96 valence electrons. The molecule has 1 aliphatic rings. The molecule has 1 fully saturated rings. The second-order valence-corrected chi connectivity index (χ2v) is 3.99. The summed E-state index contributed by atoms with van der Waals surface area (Å²) in [6.07, 6.45) is -2.33. The van der Waals surface area contributed by atoms with Crippen molar-refractivity contribution in [2.75, 3.05) is 19.8 Å². The summed E-state index contributed by atoms with van der Waals surface area (Å²) in [5.41, 5.74) is 0. The van der Waals surface area contributed by atoms with Crippen molar-refractivity contribution in [3.05, 3.63) is 0 Å². The molecule has 0 aromatic rings. The van der Waals surface area contributed by atoms with Crippen LogP contribution in [-0.2, 0) is 9.47 Å². The Morgan fingerprint density at radius 3 is 2.62 bits per heavy atom. The average molecular weight is 236 g/mol. The molecule has 0 aromatic carbocycles. The molecule has 0 radical (unpaired) electrons. The van der Waals surface area contributed by atoms with Gasteiger partial charge in [-0.3, -0.25) is 0 Å². The van der Waals surface area contributed by atoms with Crippen LogP contribution >= 0.6 is 0 Å². The summed E-state index contributed by atoms with van der Waals surface area (Å²) >= 11 is 0. The number of aliphatic hydroxyl groups is 4. The van der Waals surface area contributed by atoms with Gasteiger partial charge >= 0.3 is 0 Å². The van der Waals surface area contributed by atoms with Crippen LogP contribution in [0.15, 0.2) is 0 Å². The highest BCUT2D eigenvalue weighted by Crippen LogP contribution is 2.27. The molecule has 0 unspecified atom stereocenters. The van der Waals surface area contributed by atoms with E-state index in [1.807, 2.05) is 6.92 Å². The summed E-state index contributed by atoms with van der Waals surface area (Å²) in [4.78, 5) is 0. The van der Waals surface area contributed by atoms with Crippen molar-refractivity contribution in [2.45, 2.75) is 43.9 Å². The Kier molecular flexibility index (Phi) is 5.10. The molecule has 0 aliphatic carbocycles. The van der Waals surface area contributed by atoms with E-state index in [1.165, 1.54) is 0 Å². The Morgan fingerprint density at radius 1 is 1.38 bits per heavy atom. The number of unbranched alkanes of at least 4 members (excludes halogenated alkanes) is 1. The van der Waals surface area contributed by atoms with Crippen molar-refractivity contribution in [1.82, 2.24) is 0 Å². The van der Waals surface area contributed by atoms with Crippen LogP contribution in [0.5, 0.6) is 0 Å². The molecule has 0 amide bonds. The van der Waals surface area contributed by atoms with Gasteiger partial charge in [-0.1, -0.05) is 13.3 Å². The first-order valence-electron chi connectivity index (χ1n) is 5.50. The van der Waals surface area contributed by atoms with Gasteiger partial charge in [0.05, 0.1) is 13.2 Å². The Bertz CT molecular complexity index is 211. The lowest BCUT2D eigenvalue weighted by Crippen LogP contribution is -2.63. The molecular weight excluding hydrogens is 216 g/mol. The van der Waals surface area contributed by atoms with Gasteiger partial charge in [-0.15, -0.1) is 0 Å². The van der Waals surface area contributed by atoms with E-state index in [1.54, 1.807) is 0 Å². The van der Waals surface area contributed by atoms with Gasteiger partial charge in [-0.2, -0.15) is 0 Å². The molecular formula is C10H20O6. The topological polar surface area (TPSA) is 99.4 Å². The largest absolute Gasteiger partial charge is 0.391 e. The fraction of sp³-hybridized carbons (Fsp3) is 1.00. The van der Waals surface area contributed by atoms with E-state index in [4.69, 9.17) is 9.47 Å². The molecule has 0 aromatic heterocycles. The molecule has 1 rings (SSSR count). The summed E-state index contributed by atoms with van der Waals surface area (Å²) in [6, 6.07) is 0. The van der Waals surface area contributed by atoms with E-state index in [9.17, 15) is 20.4 Å². The third-order valence-electron chi connectivity index (χ3n) is 2.73. The smallest absolute Gasteiger partial charge is 0.221 e. The first-order chi connectivity index (χ1) is 7.57. The van der Waals surface area contributed by atoms with Crippen molar-refractivity contribution < 1.29 is 29.9 Å². The maximum Gasteiger partial charge on any atom is 0.221 e. The van der Waals surface area contributed by atoms with Crippen molar-refractivity contribution >= 4 is 0 Å². The van der Waals surface area contributed by atoms with Gasteiger partial charge < -0.3 is 29.9 Å². The molecule has 0 bridgehead atoms. The minimum Gasteiger partial charge on any atom is -0.391 e. The number of hydrogen-bond acceptors (Lipinski definition) is 6. The predicted octanol–water partition coefficient (Wildman–Crippen LogP) is -1.40. The van der Waals surface area contributed by atoms with E-state index in [0.29, 0.717) is 6.61 Å². The van der Waals surface area contributed by atoms with Gasteiger partial charge in [0.1, 0.15) is 24.9 Å². The standard InChI is InChI=1S/C10H20O6/c1-2-3-4-15-10(6-11)9(14)8(13)7(12)5-16-10/h7-9,11-14H,2-6H2,1H3/t7-,8-,9+,10-/m1/s1. The SMILES string of the molecule is CCCCO[C@]1(CO)OC[C@@H](O)[C@@H](O)[C@@H]1O. The Balaban J connectivity index is 2.63. The van der Waals surface area contributed by atoms with Crippen molar-refractivity contribution in [2.24, 2.45) is 0 Å². The van der Waals surface area contributed by atoms with E-state index in [2.05, 4.69) is 0 Å². The summed E-state index contributed by atoms with van der Waals surface area (Å²) < 4.78 is 10.4. The lowest BCUT2D eigenvalue weighted by atomic mass is 9.97. The van der Waals surface area contributed by atoms with Gasteiger partial charge in [0, 0.05) is 0 Å². The molecule has 1 saturated heterocycles. The summed E-state index contributed by atoms with van der Waals surface area (Å²) in [6.45, 7) is 1.55. The highest BCUT2D eigenvalue weighted by molar-refractivity contribution is 4.92. The zero-order valence-electron chi connectivity index (χ0n) is 9.37. The molecule has 4 N–H and O–H groups in total. The monoisotopic (exact) mass is 236 g/mol. The fourth-order valence-corrected chi connectivity index (χ4v) is 1.58. The number of rotatable bonds is 5. The minimum absolute atomic E-state index is 0.176. The van der Waals surface area contributed by atoms with Crippen LogP contribution in [0.4, 0.5) is 0 Å². The zero-order valence-corrected chi connectivity index (χ0v) is 9.37. The molecule has 1 heterocycles. The minimum atomic E-state index is -1.62. The molecule has 0 spiro atoms. The zero-order chi connectivity index (χ0) is 12.2. The van der Waals surface area contributed by atoms with Crippen LogP contribution in [0.1, 0.15) is 19.8 Å². The van der Waals surface area contributed by atoms with Gasteiger partial charge in [0.15, 0.2) is 0 Å². The molecule has 4 atom stereocenters. The second-order valence-electron chi connectivity index (χ2n) is 3.99. The Labute approximate surface area is 94.4 Å². The second kappa shape index (κ2) is 5.90. The van der Waals surface area contributed by atoms with E-state index in [-0.39, 0.29) is 6.61 Å². The highest BCUT2D eigenvalue weighted by Gasteiger charge is 2.50. The van der Waals surface area contributed by atoms with Crippen LogP contribution in [-0.4, -0.2) is 64.3 Å². The lowest BCUT2D eigenvalue weighted by Gasteiger charge is -2.43. The molecule has 0 saturated carbocycles. The fourth-order valence-electron chi connectivity index (χ4n) is 1.58. The van der Waals surface area contributed by atoms with Crippen molar-refractivity contribution in [1.29, 1.82) is 0 Å². The van der Waals surface area contributed by atoms with Gasteiger partial charge in [0.2, 0.25) is 5.79 Å². The van der Waals surface area contributed by atoms with Gasteiger partial charge in [-0.05, 0) is 6.42 Å². The average Bonchev–Trinajstić information content (AvgIpc) is 2.30. The van der Waals surface area contributed by atoms with E-state index >= 15 is 0 Å². The quantitative estimate of drug-likeness (QED) is 0.438.